The lowest BCUT2D eigenvalue weighted by atomic mass is 9.96. The van der Waals surface area contributed by atoms with Gasteiger partial charge in [0.05, 0.1) is 19.6 Å². The Labute approximate surface area is 186 Å². The fourth-order valence-electron chi connectivity index (χ4n) is 3.79. The van der Waals surface area contributed by atoms with Crippen LogP contribution in [0, 0.1) is 5.92 Å². The monoisotopic (exact) mass is 440 g/mol. The molecule has 1 aromatic heterocycles. The van der Waals surface area contributed by atoms with Crippen molar-refractivity contribution in [1.29, 1.82) is 0 Å². The lowest BCUT2D eigenvalue weighted by Crippen LogP contribution is -2.42. The van der Waals surface area contributed by atoms with Crippen molar-refractivity contribution < 1.29 is 14.1 Å². The van der Waals surface area contributed by atoms with Crippen LogP contribution in [-0.2, 0) is 17.9 Å². The van der Waals surface area contributed by atoms with Crippen LogP contribution in [0.25, 0.3) is 11.4 Å². The molecule has 0 radical (unpaired) electrons. The number of methoxy groups -OCH3 is 1. The quantitative estimate of drug-likeness (QED) is 0.599. The van der Waals surface area contributed by atoms with E-state index in [9.17, 15) is 4.79 Å². The average molecular weight is 441 g/mol. The topological polar surface area (TPSA) is 80.5 Å². The maximum Gasteiger partial charge on any atom is 0.246 e. The normalized spacial score (nSPS) is 16.8. The number of nitrogens with zero attached hydrogens (tertiary/aromatic N) is 3. The molecule has 1 amide bonds. The lowest BCUT2D eigenvalue weighted by molar-refractivity contribution is -0.127. The molecule has 3 aromatic rings. The first-order valence-corrected chi connectivity index (χ1v) is 10.7. The Bertz CT molecular complexity index is 1040. The van der Waals surface area contributed by atoms with E-state index in [0.29, 0.717) is 18.3 Å². The van der Waals surface area contributed by atoms with Gasteiger partial charge in [-0.3, -0.25) is 9.69 Å². The van der Waals surface area contributed by atoms with Gasteiger partial charge in [-0.1, -0.05) is 47.1 Å². The first kappa shape index (κ1) is 21.3. The van der Waals surface area contributed by atoms with Crippen LogP contribution in [0.2, 0.25) is 5.02 Å². The molecule has 0 bridgehead atoms. The fourth-order valence-corrected chi connectivity index (χ4v) is 3.99. The molecule has 4 rings (SSSR count). The number of amides is 1. The van der Waals surface area contributed by atoms with Crippen LogP contribution in [0.3, 0.4) is 0 Å². The number of hydrogen-bond acceptors (Lipinski definition) is 6. The van der Waals surface area contributed by atoms with E-state index in [2.05, 4.69) is 20.4 Å². The summed E-state index contributed by atoms with van der Waals surface area (Å²) in [7, 11) is 1.61. The summed E-state index contributed by atoms with van der Waals surface area (Å²) in [6.07, 6.45) is 1.84. The Balaban J connectivity index is 1.31. The summed E-state index contributed by atoms with van der Waals surface area (Å²) in [5, 5.41) is 7.71. The number of carbonyl (C=O) groups is 1. The molecular weight excluding hydrogens is 416 g/mol. The Morgan fingerprint density at radius 1 is 1.29 bits per heavy atom. The molecule has 2 aromatic carbocycles. The molecule has 7 nitrogen and oxygen atoms in total. The van der Waals surface area contributed by atoms with Gasteiger partial charge in [-0.2, -0.15) is 4.98 Å². The van der Waals surface area contributed by atoms with Crippen molar-refractivity contribution in [3.8, 4) is 17.1 Å². The first-order chi connectivity index (χ1) is 15.1. The Hall–Kier alpha value is -2.90. The van der Waals surface area contributed by atoms with Crippen LogP contribution < -0.4 is 10.1 Å². The van der Waals surface area contributed by atoms with E-state index in [1.54, 1.807) is 7.11 Å². The predicted octanol–water partition coefficient (Wildman–Crippen LogP) is 3.93. The van der Waals surface area contributed by atoms with E-state index < -0.39 is 0 Å². The molecule has 0 spiro atoms. The summed E-state index contributed by atoms with van der Waals surface area (Å²) in [5.41, 5.74) is 1.88. The summed E-state index contributed by atoms with van der Waals surface area (Å²) in [6, 6.07) is 15.3. The van der Waals surface area contributed by atoms with Gasteiger partial charge in [-0.15, -0.1) is 0 Å². The number of piperidine rings is 1. The first-order valence-electron chi connectivity index (χ1n) is 10.3. The number of halogens is 1. The van der Waals surface area contributed by atoms with Gasteiger partial charge in [0.25, 0.3) is 0 Å². The van der Waals surface area contributed by atoms with Crippen LogP contribution in [0.4, 0.5) is 0 Å². The highest BCUT2D eigenvalue weighted by Crippen LogP contribution is 2.23. The maximum atomic E-state index is 12.7. The molecule has 1 N–H and O–H groups in total. The van der Waals surface area contributed by atoms with Crippen molar-refractivity contribution in [3.05, 3.63) is 65.0 Å². The molecule has 2 heterocycles. The molecule has 0 aliphatic carbocycles. The van der Waals surface area contributed by atoms with Gasteiger partial charge in [0.2, 0.25) is 17.6 Å². The van der Waals surface area contributed by atoms with Crippen LogP contribution in [0.5, 0.6) is 5.75 Å². The Morgan fingerprint density at radius 2 is 2.16 bits per heavy atom. The van der Waals surface area contributed by atoms with E-state index in [4.69, 9.17) is 20.9 Å². The highest BCUT2D eigenvalue weighted by Gasteiger charge is 2.26. The molecule has 0 saturated carbocycles. The third-order valence-corrected chi connectivity index (χ3v) is 5.81. The van der Waals surface area contributed by atoms with Crippen LogP contribution >= 0.6 is 11.6 Å². The second-order valence-electron chi connectivity index (χ2n) is 7.63. The van der Waals surface area contributed by atoms with Crippen molar-refractivity contribution in [2.24, 2.45) is 5.92 Å². The van der Waals surface area contributed by atoms with E-state index in [0.717, 1.165) is 47.8 Å². The van der Waals surface area contributed by atoms with E-state index in [1.807, 2.05) is 48.5 Å². The van der Waals surface area contributed by atoms with E-state index in [-0.39, 0.29) is 18.4 Å². The smallest absolute Gasteiger partial charge is 0.246 e. The number of aromatic nitrogens is 2. The van der Waals surface area contributed by atoms with Gasteiger partial charge >= 0.3 is 0 Å². The molecule has 0 unspecified atom stereocenters. The summed E-state index contributed by atoms with van der Waals surface area (Å²) in [6.45, 7) is 2.62. The molecule has 1 aliphatic heterocycles. The molecule has 1 aliphatic rings. The molecule has 162 valence electrons. The fraction of sp³-hybridized carbons (Fsp3) is 0.348. The van der Waals surface area contributed by atoms with Gasteiger partial charge in [0.1, 0.15) is 5.75 Å². The number of nitrogens with one attached hydrogen (secondary N) is 1. The Morgan fingerprint density at radius 3 is 3.00 bits per heavy atom. The number of benzene rings is 2. The molecule has 1 fully saturated rings. The summed E-state index contributed by atoms with van der Waals surface area (Å²) >= 11 is 6.29. The standard InChI is InChI=1S/C23H25ClN4O3/c1-30-19-9-4-7-16(12-19)22-26-21(31-27-22)13-25-23(29)18-8-5-11-28(15-18)14-17-6-2-3-10-20(17)24/h2-4,6-7,9-10,12,18H,5,8,11,13-15H2,1H3,(H,25,29)/t18-/m0/s1. The lowest BCUT2D eigenvalue weighted by Gasteiger charge is -2.32. The predicted molar refractivity (Wildman–Crippen MR) is 118 cm³/mol. The van der Waals surface area contributed by atoms with Crippen LogP contribution in [0.1, 0.15) is 24.3 Å². The molecule has 8 heteroatoms. The maximum absolute atomic E-state index is 12.7. The van der Waals surface area contributed by atoms with Crippen molar-refractivity contribution in [1.82, 2.24) is 20.4 Å². The third kappa shape index (κ3) is 5.42. The summed E-state index contributed by atoms with van der Waals surface area (Å²) < 4.78 is 10.5. The number of hydrogen-bond donors (Lipinski definition) is 1. The minimum atomic E-state index is -0.0722. The van der Waals surface area contributed by atoms with Crippen molar-refractivity contribution >= 4 is 17.5 Å². The van der Waals surface area contributed by atoms with Crippen LogP contribution in [-0.4, -0.2) is 41.1 Å². The highest BCUT2D eigenvalue weighted by molar-refractivity contribution is 6.31. The van der Waals surface area contributed by atoms with Crippen molar-refractivity contribution in [3.63, 3.8) is 0 Å². The minimum absolute atomic E-state index is 0.00462. The zero-order chi connectivity index (χ0) is 21.6. The minimum Gasteiger partial charge on any atom is -0.497 e. The van der Waals surface area contributed by atoms with E-state index >= 15 is 0 Å². The average Bonchev–Trinajstić information content (AvgIpc) is 3.28. The number of rotatable bonds is 7. The van der Waals surface area contributed by atoms with Gasteiger partial charge in [0.15, 0.2) is 0 Å². The van der Waals surface area contributed by atoms with Gasteiger partial charge in [-0.25, -0.2) is 0 Å². The van der Waals surface area contributed by atoms with Gasteiger partial charge < -0.3 is 14.6 Å². The molecule has 1 saturated heterocycles. The summed E-state index contributed by atoms with van der Waals surface area (Å²) in [5.74, 6) is 1.49. The summed E-state index contributed by atoms with van der Waals surface area (Å²) in [4.78, 5) is 19.4. The number of ether oxygens (including phenoxy) is 1. The Kier molecular flexibility index (Phi) is 6.84. The number of carbonyl (C=O) groups excluding carboxylic acids is 1. The third-order valence-electron chi connectivity index (χ3n) is 5.44. The molecule has 31 heavy (non-hydrogen) atoms. The second kappa shape index (κ2) is 9.94. The van der Waals surface area contributed by atoms with Crippen LogP contribution in [0.15, 0.2) is 53.1 Å². The SMILES string of the molecule is COc1cccc(-c2noc(CNC(=O)[C@H]3CCCN(Cc4ccccc4Cl)C3)n2)c1. The van der Waals surface area contributed by atoms with Gasteiger partial charge in [-0.05, 0) is 43.1 Å². The van der Waals surface area contributed by atoms with E-state index in [1.165, 1.54) is 0 Å². The highest BCUT2D eigenvalue weighted by atomic mass is 35.5. The van der Waals surface area contributed by atoms with Crippen molar-refractivity contribution in [2.75, 3.05) is 20.2 Å². The second-order valence-corrected chi connectivity index (χ2v) is 8.03. The molecule has 1 atom stereocenters. The zero-order valence-electron chi connectivity index (χ0n) is 17.4. The largest absolute Gasteiger partial charge is 0.497 e. The van der Waals surface area contributed by atoms with Crippen molar-refractivity contribution in [2.45, 2.75) is 25.9 Å². The molecular formula is C23H25ClN4O3. The number of likely N-dealkylation sites (tertiary alicyclic amines) is 1. The van der Waals surface area contributed by atoms with Gasteiger partial charge in [0, 0.05) is 23.7 Å². The zero-order valence-corrected chi connectivity index (χ0v) is 18.1.